The number of halogens is 1. The first-order chi connectivity index (χ1) is 13.2. The summed E-state index contributed by atoms with van der Waals surface area (Å²) in [5, 5.41) is 9.15. The van der Waals surface area contributed by atoms with Crippen LogP contribution in [0.2, 0.25) is 5.02 Å². The van der Waals surface area contributed by atoms with Crippen LogP contribution in [-0.4, -0.2) is 20.7 Å². The van der Waals surface area contributed by atoms with Crippen LogP contribution in [0.4, 0.5) is 0 Å². The molecule has 2 aromatic carbocycles. The highest BCUT2D eigenvalue weighted by atomic mass is 35.5. The summed E-state index contributed by atoms with van der Waals surface area (Å²) in [6.45, 7) is 0.564. The van der Waals surface area contributed by atoms with E-state index >= 15 is 0 Å². The second-order valence-electron chi connectivity index (χ2n) is 6.17. The molecular weight excluding hydrogens is 360 g/mol. The Labute approximate surface area is 161 Å². The van der Waals surface area contributed by atoms with Crippen molar-refractivity contribution in [3.63, 3.8) is 0 Å². The third-order valence-electron chi connectivity index (χ3n) is 4.27. The summed E-state index contributed by atoms with van der Waals surface area (Å²) in [6, 6.07) is 19.2. The number of carbonyl (C=O) groups excluding carboxylic acids is 1. The molecule has 0 aliphatic rings. The molecule has 0 radical (unpaired) electrons. The molecule has 6 heteroatoms. The van der Waals surface area contributed by atoms with Gasteiger partial charge in [0.2, 0.25) is 5.91 Å². The van der Waals surface area contributed by atoms with E-state index in [9.17, 15) is 4.79 Å². The number of aromatic nitrogens is 3. The van der Waals surface area contributed by atoms with E-state index in [-0.39, 0.29) is 12.5 Å². The average molecular weight is 377 g/mol. The van der Waals surface area contributed by atoms with Gasteiger partial charge >= 0.3 is 0 Å². The Bertz CT molecular complexity index is 1080. The van der Waals surface area contributed by atoms with Crippen LogP contribution in [0.3, 0.4) is 0 Å². The molecule has 1 amide bonds. The predicted octanol–water partition coefficient (Wildman–Crippen LogP) is 4.07. The van der Waals surface area contributed by atoms with Crippen LogP contribution in [0, 0.1) is 0 Å². The number of hydrogen-bond acceptors (Lipinski definition) is 3. The third kappa shape index (κ3) is 3.83. The summed E-state index contributed by atoms with van der Waals surface area (Å²) in [6.07, 6.45) is 3.44. The highest BCUT2D eigenvalue weighted by Crippen LogP contribution is 2.30. The summed E-state index contributed by atoms with van der Waals surface area (Å²) in [5.74, 6) is -0.113. The lowest BCUT2D eigenvalue weighted by atomic mass is 10.1. The van der Waals surface area contributed by atoms with Gasteiger partial charge < -0.3 is 5.32 Å². The van der Waals surface area contributed by atoms with Gasteiger partial charge in [0.05, 0.1) is 5.52 Å². The molecule has 0 saturated heterocycles. The summed E-state index contributed by atoms with van der Waals surface area (Å²) in [7, 11) is 0. The van der Waals surface area contributed by atoms with Gasteiger partial charge in [-0.25, -0.2) is 0 Å². The number of pyridine rings is 1. The number of nitrogens with zero attached hydrogens (tertiary/aromatic N) is 3. The molecule has 4 rings (SSSR count). The van der Waals surface area contributed by atoms with Crippen molar-refractivity contribution in [2.45, 2.75) is 13.1 Å². The molecule has 0 unspecified atom stereocenters. The van der Waals surface area contributed by atoms with Crippen molar-refractivity contribution in [1.82, 2.24) is 20.1 Å². The number of benzene rings is 2. The number of amides is 1. The molecule has 0 atom stereocenters. The molecule has 4 aromatic rings. The molecule has 0 spiro atoms. The Morgan fingerprint density at radius 1 is 1.07 bits per heavy atom. The fourth-order valence-electron chi connectivity index (χ4n) is 2.98. The van der Waals surface area contributed by atoms with Crippen LogP contribution < -0.4 is 5.32 Å². The van der Waals surface area contributed by atoms with Crippen molar-refractivity contribution < 1.29 is 4.79 Å². The van der Waals surface area contributed by atoms with Gasteiger partial charge in [-0.3, -0.25) is 14.5 Å². The van der Waals surface area contributed by atoms with E-state index in [0.29, 0.717) is 11.6 Å². The smallest absolute Gasteiger partial charge is 0.242 e. The van der Waals surface area contributed by atoms with Crippen LogP contribution in [0.1, 0.15) is 5.56 Å². The van der Waals surface area contributed by atoms with E-state index in [0.717, 1.165) is 27.7 Å². The van der Waals surface area contributed by atoms with Gasteiger partial charge in [-0.2, -0.15) is 5.10 Å². The van der Waals surface area contributed by atoms with E-state index < -0.39 is 0 Å². The molecule has 0 saturated carbocycles. The second-order valence-corrected chi connectivity index (χ2v) is 6.61. The first-order valence-corrected chi connectivity index (χ1v) is 8.95. The SMILES string of the molecule is O=C(Cn1nc(-c2ccccc2)c2cc(Cl)ccc21)NCc1cccnc1. The highest BCUT2D eigenvalue weighted by molar-refractivity contribution is 6.31. The topological polar surface area (TPSA) is 59.8 Å². The van der Waals surface area contributed by atoms with Crippen LogP contribution in [0.5, 0.6) is 0 Å². The summed E-state index contributed by atoms with van der Waals surface area (Å²) < 4.78 is 1.71. The first-order valence-electron chi connectivity index (χ1n) is 8.58. The third-order valence-corrected chi connectivity index (χ3v) is 4.50. The van der Waals surface area contributed by atoms with Crippen molar-refractivity contribution in [3.05, 3.63) is 83.6 Å². The number of carbonyl (C=O) groups is 1. The normalized spacial score (nSPS) is 10.9. The second kappa shape index (κ2) is 7.60. The Morgan fingerprint density at radius 2 is 1.93 bits per heavy atom. The molecule has 0 aliphatic heterocycles. The van der Waals surface area contributed by atoms with Crippen LogP contribution in [-0.2, 0) is 17.9 Å². The van der Waals surface area contributed by atoms with Gasteiger partial charge in [0, 0.05) is 34.9 Å². The van der Waals surface area contributed by atoms with Crippen molar-refractivity contribution in [1.29, 1.82) is 0 Å². The lowest BCUT2D eigenvalue weighted by Gasteiger charge is -2.06. The van der Waals surface area contributed by atoms with Crippen molar-refractivity contribution >= 4 is 28.4 Å². The minimum atomic E-state index is -0.113. The number of rotatable bonds is 5. The highest BCUT2D eigenvalue weighted by Gasteiger charge is 2.14. The zero-order chi connectivity index (χ0) is 18.6. The summed E-state index contributed by atoms with van der Waals surface area (Å²) in [4.78, 5) is 16.5. The quantitative estimate of drug-likeness (QED) is 0.571. The zero-order valence-electron chi connectivity index (χ0n) is 14.5. The number of nitrogens with one attached hydrogen (secondary N) is 1. The van der Waals surface area contributed by atoms with Crippen molar-refractivity contribution in [3.8, 4) is 11.3 Å². The predicted molar refractivity (Wildman–Crippen MR) is 106 cm³/mol. The van der Waals surface area contributed by atoms with Gasteiger partial charge in [-0.15, -0.1) is 0 Å². The van der Waals surface area contributed by atoms with E-state index in [1.165, 1.54) is 0 Å². The molecular formula is C21H17ClN4O. The Morgan fingerprint density at radius 3 is 2.70 bits per heavy atom. The molecule has 5 nitrogen and oxygen atoms in total. The van der Waals surface area contributed by atoms with Crippen LogP contribution in [0.25, 0.3) is 22.2 Å². The zero-order valence-corrected chi connectivity index (χ0v) is 15.2. The Balaban J connectivity index is 1.61. The maximum absolute atomic E-state index is 12.4. The largest absolute Gasteiger partial charge is 0.350 e. The fraction of sp³-hybridized carbons (Fsp3) is 0.0952. The molecule has 1 N–H and O–H groups in total. The summed E-state index contributed by atoms with van der Waals surface area (Å²) in [5.41, 5.74) is 3.62. The molecule has 2 heterocycles. The van der Waals surface area contributed by atoms with Crippen molar-refractivity contribution in [2.75, 3.05) is 0 Å². The fourth-order valence-corrected chi connectivity index (χ4v) is 3.15. The number of hydrogen-bond donors (Lipinski definition) is 1. The molecule has 2 aromatic heterocycles. The van der Waals surface area contributed by atoms with E-state index in [2.05, 4.69) is 15.4 Å². The Kier molecular flexibility index (Phi) is 4.85. The summed E-state index contributed by atoms with van der Waals surface area (Å²) >= 11 is 6.19. The molecule has 0 bridgehead atoms. The standard InChI is InChI=1S/C21H17ClN4O/c22-17-8-9-19-18(11-17)21(16-6-2-1-3-7-16)25-26(19)14-20(27)24-13-15-5-4-10-23-12-15/h1-12H,13-14H2,(H,24,27). The first kappa shape index (κ1) is 17.2. The van der Waals surface area contributed by atoms with E-state index in [4.69, 9.17) is 11.6 Å². The lowest BCUT2D eigenvalue weighted by Crippen LogP contribution is -2.27. The minimum absolute atomic E-state index is 0.113. The monoisotopic (exact) mass is 376 g/mol. The van der Waals surface area contributed by atoms with Gasteiger partial charge in [0.1, 0.15) is 12.2 Å². The molecule has 0 aliphatic carbocycles. The van der Waals surface area contributed by atoms with Gasteiger partial charge in [0.15, 0.2) is 0 Å². The molecule has 134 valence electrons. The van der Waals surface area contributed by atoms with Gasteiger partial charge in [-0.1, -0.05) is 48.0 Å². The maximum atomic E-state index is 12.4. The van der Waals surface area contributed by atoms with Crippen LogP contribution in [0.15, 0.2) is 73.1 Å². The number of fused-ring (bicyclic) bond motifs is 1. The molecule has 0 fully saturated rings. The minimum Gasteiger partial charge on any atom is -0.350 e. The van der Waals surface area contributed by atoms with Gasteiger partial charge in [-0.05, 0) is 29.8 Å². The maximum Gasteiger partial charge on any atom is 0.242 e. The van der Waals surface area contributed by atoms with E-state index in [1.807, 2.05) is 60.7 Å². The molecule has 27 heavy (non-hydrogen) atoms. The van der Waals surface area contributed by atoms with Crippen molar-refractivity contribution in [2.24, 2.45) is 0 Å². The average Bonchev–Trinajstić information content (AvgIpc) is 3.05. The van der Waals surface area contributed by atoms with Crippen LogP contribution >= 0.6 is 11.6 Å². The Hall–Kier alpha value is -3.18. The van der Waals surface area contributed by atoms with Gasteiger partial charge in [0.25, 0.3) is 0 Å². The van der Waals surface area contributed by atoms with E-state index in [1.54, 1.807) is 17.1 Å². The lowest BCUT2D eigenvalue weighted by molar-refractivity contribution is -0.121.